The Balaban J connectivity index is 1.03. The first-order valence-corrected chi connectivity index (χ1v) is 24.3. The Morgan fingerprint density at radius 1 is 0.232 bits per heavy atom. The third kappa shape index (κ3) is 8.16. The third-order valence-electron chi connectivity index (χ3n) is 13.1. The summed E-state index contributed by atoms with van der Waals surface area (Å²) in [6.45, 7) is 0. The Bertz CT molecular complexity index is 3580. The van der Waals surface area contributed by atoms with Crippen molar-refractivity contribution in [3.63, 3.8) is 0 Å². The molecular weight excluding hydrogens is 853 g/mol. The number of fused-ring (bicyclic) bond motifs is 3. The van der Waals surface area contributed by atoms with Gasteiger partial charge in [0.25, 0.3) is 0 Å². The molecule has 0 bridgehead atoms. The van der Waals surface area contributed by atoms with E-state index >= 15 is 0 Å². The van der Waals surface area contributed by atoms with E-state index in [1.54, 1.807) is 0 Å². The van der Waals surface area contributed by atoms with Gasteiger partial charge in [-0.05, 0) is 105 Å². The molecule has 0 aliphatic rings. The number of anilines is 6. The van der Waals surface area contributed by atoms with Crippen LogP contribution < -0.4 is 9.80 Å². The van der Waals surface area contributed by atoms with Crippen molar-refractivity contribution in [2.45, 2.75) is 0 Å². The molecule has 0 spiro atoms. The van der Waals surface area contributed by atoms with Crippen LogP contribution in [0.5, 0.6) is 0 Å². The molecule has 0 radical (unpaired) electrons. The molecule has 0 unspecified atom stereocenters. The molecule has 0 saturated heterocycles. The van der Waals surface area contributed by atoms with Crippen molar-refractivity contribution in [1.29, 1.82) is 0 Å². The van der Waals surface area contributed by atoms with Gasteiger partial charge < -0.3 is 9.80 Å². The van der Waals surface area contributed by atoms with Gasteiger partial charge in [0, 0.05) is 49.3 Å². The summed E-state index contributed by atoms with van der Waals surface area (Å²) < 4.78 is 2.51. The van der Waals surface area contributed by atoms with E-state index in [0.717, 1.165) is 50.8 Å². The predicted octanol–water partition coefficient (Wildman–Crippen LogP) is 19.3. The third-order valence-corrected chi connectivity index (χ3v) is 14.3. The minimum Gasteiger partial charge on any atom is -0.311 e. The van der Waals surface area contributed by atoms with Crippen molar-refractivity contribution in [1.82, 2.24) is 0 Å². The minimum absolute atomic E-state index is 1.07. The first kappa shape index (κ1) is 41.7. The van der Waals surface area contributed by atoms with Gasteiger partial charge in [-0.3, -0.25) is 0 Å². The summed E-state index contributed by atoms with van der Waals surface area (Å²) in [6.07, 6.45) is 0. The molecule has 1 aromatic heterocycles. The van der Waals surface area contributed by atoms with Crippen LogP contribution in [0.25, 0.3) is 75.8 Å². The molecule has 0 aliphatic heterocycles. The minimum atomic E-state index is 1.07. The molecule has 326 valence electrons. The summed E-state index contributed by atoms with van der Waals surface area (Å²) in [5.74, 6) is 0. The number of rotatable bonds is 11. The van der Waals surface area contributed by atoms with E-state index < -0.39 is 0 Å². The van der Waals surface area contributed by atoms with E-state index in [1.807, 2.05) is 11.3 Å². The van der Waals surface area contributed by atoms with Gasteiger partial charge in [0.2, 0.25) is 0 Å². The molecule has 0 atom stereocenters. The Morgan fingerprint density at radius 2 is 0.594 bits per heavy atom. The fourth-order valence-electron chi connectivity index (χ4n) is 9.69. The van der Waals surface area contributed by atoms with E-state index in [4.69, 9.17) is 0 Å². The Morgan fingerprint density at radius 3 is 1.09 bits per heavy atom. The number of nitrogens with zero attached hydrogens (tertiary/aromatic N) is 2. The fraction of sp³-hybridized carbons (Fsp3) is 0. The van der Waals surface area contributed by atoms with Crippen LogP contribution in [0.4, 0.5) is 34.1 Å². The molecule has 12 rings (SSSR count). The number of para-hydroxylation sites is 1. The standard InChI is InChI=1S/C66H46N2S/c1-5-17-47(18-6-1)50-29-37-55(38-30-50)67(56-39-31-51(32-40-56)48-19-7-2-8-20-48)57-43-35-54(36-44-57)60-45-46-62-61-26-14-16-28-64(61)69-66(62)65(60)68(58-41-33-52(34-42-58)49-21-9-3-10-22-49)63-27-15-13-25-59(63)53-23-11-4-12-24-53/h1-46H. The van der Waals surface area contributed by atoms with Crippen molar-refractivity contribution < 1.29 is 0 Å². The van der Waals surface area contributed by atoms with Crippen LogP contribution in [0, 0.1) is 0 Å². The van der Waals surface area contributed by atoms with Crippen LogP contribution >= 0.6 is 11.3 Å². The van der Waals surface area contributed by atoms with Crippen LogP contribution in [0.1, 0.15) is 0 Å². The van der Waals surface area contributed by atoms with Gasteiger partial charge in [-0.15, -0.1) is 11.3 Å². The lowest BCUT2D eigenvalue weighted by Crippen LogP contribution is -2.13. The summed E-state index contributed by atoms with van der Waals surface area (Å²) >= 11 is 1.87. The van der Waals surface area contributed by atoms with Gasteiger partial charge in [0.15, 0.2) is 0 Å². The second-order valence-corrected chi connectivity index (χ2v) is 18.3. The summed E-state index contributed by atoms with van der Waals surface area (Å²) in [7, 11) is 0. The molecule has 0 amide bonds. The van der Waals surface area contributed by atoms with E-state index in [0.29, 0.717) is 0 Å². The molecule has 11 aromatic carbocycles. The van der Waals surface area contributed by atoms with Crippen molar-refractivity contribution in [3.8, 4) is 55.6 Å². The highest BCUT2D eigenvalue weighted by Crippen LogP contribution is 2.52. The van der Waals surface area contributed by atoms with Crippen LogP contribution in [-0.4, -0.2) is 0 Å². The van der Waals surface area contributed by atoms with E-state index in [2.05, 4.69) is 289 Å². The lowest BCUT2D eigenvalue weighted by Gasteiger charge is -2.31. The van der Waals surface area contributed by atoms with Crippen LogP contribution in [0.2, 0.25) is 0 Å². The summed E-state index contributed by atoms with van der Waals surface area (Å²) in [6, 6.07) is 101. The van der Waals surface area contributed by atoms with E-state index in [9.17, 15) is 0 Å². The van der Waals surface area contributed by atoms with Gasteiger partial charge in [0.05, 0.1) is 16.1 Å². The lowest BCUT2D eigenvalue weighted by atomic mass is 9.96. The van der Waals surface area contributed by atoms with Crippen LogP contribution in [-0.2, 0) is 0 Å². The molecular formula is C66H46N2S. The zero-order valence-electron chi connectivity index (χ0n) is 37.9. The molecule has 12 aromatic rings. The zero-order chi connectivity index (χ0) is 45.9. The molecule has 69 heavy (non-hydrogen) atoms. The highest BCUT2D eigenvalue weighted by molar-refractivity contribution is 7.26. The van der Waals surface area contributed by atoms with Crippen LogP contribution in [0.15, 0.2) is 279 Å². The fourth-order valence-corrected chi connectivity index (χ4v) is 10.9. The lowest BCUT2D eigenvalue weighted by molar-refractivity contribution is 1.28. The largest absolute Gasteiger partial charge is 0.311 e. The number of hydrogen-bond acceptors (Lipinski definition) is 3. The smallest absolute Gasteiger partial charge is 0.0718 e. The number of benzene rings is 11. The van der Waals surface area contributed by atoms with Gasteiger partial charge in [-0.25, -0.2) is 0 Å². The van der Waals surface area contributed by atoms with Gasteiger partial charge >= 0.3 is 0 Å². The molecule has 2 nitrogen and oxygen atoms in total. The normalized spacial score (nSPS) is 11.2. The van der Waals surface area contributed by atoms with E-state index in [-0.39, 0.29) is 0 Å². The summed E-state index contributed by atoms with van der Waals surface area (Å²) in [5, 5.41) is 2.52. The predicted molar refractivity (Wildman–Crippen MR) is 296 cm³/mol. The Hall–Kier alpha value is -8.76. The maximum atomic E-state index is 2.51. The monoisotopic (exact) mass is 898 g/mol. The maximum absolute atomic E-state index is 2.51. The average molecular weight is 899 g/mol. The molecule has 0 N–H and O–H groups in total. The number of thiophene rings is 1. The molecule has 0 fully saturated rings. The van der Waals surface area contributed by atoms with Crippen molar-refractivity contribution in [2.75, 3.05) is 9.80 Å². The molecule has 0 saturated carbocycles. The van der Waals surface area contributed by atoms with Crippen molar-refractivity contribution in [2.24, 2.45) is 0 Å². The molecule has 0 aliphatic carbocycles. The Labute approximate surface area is 407 Å². The highest BCUT2D eigenvalue weighted by Gasteiger charge is 2.25. The average Bonchev–Trinajstić information content (AvgIpc) is 3.82. The van der Waals surface area contributed by atoms with Gasteiger partial charge in [-0.1, -0.05) is 218 Å². The first-order chi connectivity index (χ1) is 34.2. The number of hydrogen-bond donors (Lipinski definition) is 0. The quantitative estimate of drug-likeness (QED) is 0.128. The summed E-state index contributed by atoms with van der Waals surface area (Å²) in [5.41, 5.74) is 18.4. The SMILES string of the molecule is c1ccc(-c2ccc(N(c3ccc(-c4ccccc4)cc3)c3ccc(-c4ccc5c(sc6ccccc65)c4N(c4ccc(-c5ccccc5)cc4)c4ccccc4-c4ccccc4)cc3)cc2)cc1. The first-order valence-electron chi connectivity index (χ1n) is 23.5. The van der Waals surface area contributed by atoms with Crippen molar-refractivity contribution >= 4 is 65.6 Å². The van der Waals surface area contributed by atoms with Crippen LogP contribution in [0.3, 0.4) is 0 Å². The highest BCUT2D eigenvalue weighted by atomic mass is 32.1. The van der Waals surface area contributed by atoms with Crippen molar-refractivity contribution in [3.05, 3.63) is 279 Å². The maximum Gasteiger partial charge on any atom is 0.0718 e. The van der Waals surface area contributed by atoms with Gasteiger partial charge in [-0.2, -0.15) is 0 Å². The topological polar surface area (TPSA) is 6.48 Å². The molecule has 1 heterocycles. The Kier molecular flexibility index (Phi) is 11.2. The zero-order valence-corrected chi connectivity index (χ0v) is 38.7. The second kappa shape index (κ2) is 18.5. The molecule has 3 heteroatoms. The van der Waals surface area contributed by atoms with E-state index in [1.165, 1.54) is 59.1 Å². The van der Waals surface area contributed by atoms with Gasteiger partial charge in [0.1, 0.15) is 0 Å². The second-order valence-electron chi connectivity index (χ2n) is 17.3. The summed E-state index contributed by atoms with van der Waals surface area (Å²) in [4.78, 5) is 4.87.